The van der Waals surface area contributed by atoms with E-state index in [0.717, 1.165) is 22.5 Å². The first kappa shape index (κ1) is 16.4. The van der Waals surface area contributed by atoms with E-state index >= 15 is 0 Å². The molecule has 0 fully saturated rings. The van der Waals surface area contributed by atoms with E-state index in [0.29, 0.717) is 0 Å². The minimum Gasteiger partial charge on any atom is -0.334 e. The van der Waals surface area contributed by atoms with Gasteiger partial charge in [-0.1, -0.05) is 24.3 Å². The van der Waals surface area contributed by atoms with Crippen molar-refractivity contribution in [1.82, 2.24) is 9.97 Å². The number of nitrogens with one attached hydrogen (secondary N) is 2. The molecule has 0 radical (unpaired) electrons. The maximum atomic E-state index is 11.6. The van der Waals surface area contributed by atoms with Gasteiger partial charge in [0.2, 0.25) is 11.6 Å². The number of hydrogen-bond donors (Lipinski definition) is 2. The SMILES string of the molecule is Cc1cccc(Nc2ncnc(Nc3cccc(C)c3)c2[N+](=O)[O-])c1. The molecule has 0 aliphatic rings. The molecule has 3 aromatic rings. The van der Waals surface area contributed by atoms with Gasteiger partial charge in [-0.3, -0.25) is 10.1 Å². The van der Waals surface area contributed by atoms with Gasteiger partial charge in [0.1, 0.15) is 6.33 Å². The quantitative estimate of drug-likeness (QED) is 0.527. The Kier molecular flexibility index (Phi) is 4.56. The molecule has 0 atom stereocenters. The molecule has 0 unspecified atom stereocenters. The molecule has 0 aliphatic heterocycles. The number of rotatable bonds is 5. The zero-order chi connectivity index (χ0) is 17.8. The highest BCUT2D eigenvalue weighted by atomic mass is 16.6. The van der Waals surface area contributed by atoms with Gasteiger partial charge >= 0.3 is 5.69 Å². The Labute approximate surface area is 144 Å². The second-order valence-corrected chi connectivity index (χ2v) is 5.67. The van der Waals surface area contributed by atoms with E-state index in [1.54, 1.807) is 0 Å². The topological polar surface area (TPSA) is 93.0 Å². The molecule has 7 nitrogen and oxygen atoms in total. The van der Waals surface area contributed by atoms with Gasteiger partial charge in [0, 0.05) is 11.4 Å². The van der Waals surface area contributed by atoms with Crippen LogP contribution in [0.15, 0.2) is 54.9 Å². The molecule has 1 heterocycles. The maximum Gasteiger partial charge on any atom is 0.353 e. The third-order valence-corrected chi connectivity index (χ3v) is 3.57. The lowest BCUT2D eigenvalue weighted by atomic mass is 10.2. The van der Waals surface area contributed by atoms with Crippen LogP contribution in [0.3, 0.4) is 0 Å². The standard InChI is InChI=1S/C18H17N5O2/c1-12-5-3-7-14(9-12)21-17-16(23(24)25)18(20-11-19-17)22-15-8-4-6-13(2)10-15/h3-11H,1-2H3,(H2,19,20,21,22). The lowest BCUT2D eigenvalue weighted by Gasteiger charge is -2.10. The van der Waals surface area contributed by atoms with Gasteiger partial charge in [0.15, 0.2) is 0 Å². The van der Waals surface area contributed by atoms with Gasteiger partial charge in [-0.15, -0.1) is 0 Å². The van der Waals surface area contributed by atoms with Crippen LogP contribution in [-0.2, 0) is 0 Å². The van der Waals surface area contributed by atoms with Crippen molar-refractivity contribution in [3.05, 3.63) is 76.1 Å². The second-order valence-electron chi connectivity index (χ2n) is 5.67. The van der Waals surface area contributed by atoms with Gasteiger partial charge in [0.05, 0.1) is 4.92 Å². The zero-order valence-electron chi connectivity index (χ0n) is 13.9. The molecule has 2 N–H and O–H groups in total. The van der Waals surface area contributed by atoms with Crippen molar-refractivity contribution in [3.63, 3.8) is 0 Å². The summed E-state index contributed by atoms with van der Waals surface area (Å²) in [5, 5.41) is 17.6. The summed E-state index contributed by atoms with van der Waals surface area (Å²) < 4.78 is 0. The Balaban J connectivity index is 1.98. The minimum absolute atomic E-state index is 0.140. The molecule has 0 bridgehead atoms. The Morgan fingerprint density at radius 2 is 1.36 bits per heavy atom. The molecule has 25 heavy (non-hydrogen) atoms. The minimum atomic E-state index is -0.490. The molecule has 0 aliphatic carbocycles. The lowest BCUT2D eigenvalue weighted by Crippen LogP contribution is -2.05. The summed E-state index contributed by atoms with van der Waals surface area (Å²) in [6, 6.07) is 15.1. The number of nitro groups is 1. The van der Waals surface area contributed by atoms with Gasteiger partial charge in [-0.05, 0) is 49.2 Å². The fourth-order valence-corrected chi connectivity index (χ4v) is 2.45. The van der Waals surface area contributed by atoms with Crippen molar-refractivity contribution in [3.8, 4) is 0 Å². The predicted octanol–water partition coefficient (Wildman–Crippen LogP) is 4.49. The normalized spacial score (nSPS) is 10.3. The molecule has 1 aromatic heterocycles. The fourth-order valence-electron chi connectivity index (χ4n) is 2.45. The molecular weight excluding hydrogens is 318 g/mol. The van der Waals surface area contributed by atoms with Crippen LogP contribution in [0.1, 0.15) is 11.1 Å². The molecule has 0 amide bonds. The van der Waals surface area contributed by atoms with Crippen LogP contribution in [0.2, 0.25) is 0 Å². The second kappa shape index (κ2) is 6.96. The molecule has 0 saturated carbocycles. The van der Waals surface area contributed by atoms with Crippen LogP contribution in [0.25, 0.3) is 0 Å². The van der Waals surface area contributed by atoms with Gasteiger partial charge < -0.3 is 10.6 Å². The van der Waals surface area contributed by atoms with E-state index < -0.39 is 4.92 Å². The summed E-state index contributed by atoms with van der Waals surface area (Å²) in [6.07, 6.45) is 1.29. The van der Waals surface area contributed by atoms with E-state index in [-0.39, 0.29) is 17.3 Å². The van der Waals surface area contributed by atoms with Crippen LogP contribution < -0.4 is 10.6 Å². The number of nitrogens with zero attached hydrogens (tertiary/aromatic N) is 3. The van der Waals surface area contributed by atoms with Crippen LogP contribution in [0.4, 0.5) is 28.7 Å². The van der Waals surface area contributed by atoms with Crippen LogP contribution in [0.5, 0.6) is 0 Å². The van der Waals surface area contributed by atoms with Crippen molar-refractivity contribution < 1.29 is 4.92 Å². The molecule has 0 spiro atoms. The van der Waals surface area contributed by atoms with E-state index in [2.05, 4.69) is 20.6 Å². The molecule has 7 heteroatoms. The van der Waals surface area contributed by atoms with Gasteiger partial charge in [-0.2, -0.15) is 0 Å². The first-order chi connectivity index (χ1) is 12.0. The zero-order valence-corrected chi connectivity index (χ0v) is 13.9. The summed E-state index contributed by atoms with van der Waals surface area (Å²) >= 11 is 0. The maximum absolute atomic E-state index is 11.6. The average Bonchev–Trinajstić information content (AvgIpc) is 2.55. The highest BCUT2D eigenvalue weighted by Gasteiger charge is 2.23. The first-order valence-corrected chi connectivity index (χ1v) is 7.70. The number of aromatic nitrogens is 2. The smallest absolute Gasteiger partial charge is 0.334 e. The number of hydrogen-bond acceptors (Lipinski definition) is 6. The molecule has 3 rings (SSSR count). The number of anilines is 4. The predicted molar refractivity (Wildman–Crippen MR) is 97.6 cm³/mol. The highest BCUT2D eigenvalue weighted by molar-refractivity contribution is 5.76. The summed E-state index contributed by atoms with van der Waals surface area (Å²) in [7, 11) is 0. The Bertz CT molecular complexity index is 861. The average molecular weight is 335 g/mol. The van der Waals surface area contributed by atoms with Crippen LogP contribution >= 0.6 is 0 Å². The van der Waals surface area contributed by atoms with E-state index in [1.165, 1.54) is 6.33 Å². The Morgan fingerprint density at radius 3 is 1.76 bits per heavy atom. The van der Waals surface area contributed by atoms with E-state index in [9.17, 15) is 10.1 Å². The summed E-state index contributed by atoms with van der Waals surface area (Å²) in [4.78, 5) is 19.2. The lowest BCUT2D eigenvalue weighted by molar-refractivity contribution is -0.383. The summed E-state index contributed by atoms with van der Waals surface area (Å²) in [5.41, 5.74) is 3.33. The van der Waals surface area contributed by atoms with E-state index in [1.807, 2.05) is 62.4 Å². The molecular formula is C18H17N5O2. The van der Waals surface area contributed by atoms with Crippen molar-refractivity contribution in [2.45, 2.75) is 13.8 Å². The largest absolute Gasteiger partial charge is 0.353 e. The molecule has 0 saturated heterocycles. The Hall–Kier alpha value is -3.48. The van der Waals surface area contributed by atoms with Crippen molar-refractivity contribution in [2.75, 3.05) is 10.6 Å². The van der Waals surface area contributed by atoms with Crippen molar-refractivity contribution in [1.29, 1.82) is 0 Å². The molecule has 2 aromatic carbocycles. The monoisotopic (exact) mass is 335 g/mol. The highest BCUT2D eigenvalue weighted by Crippen LogP contribution is 2.33. The van der Waals surface area contributed by atoms with Crippen molar-refractivity contribution in [2.24, 2.45) is 0 Å². The third-order valence-electron chi connectivity index (χ3n) is 3.57. The number of benzene rings is 2. The third kappa shape index (κ3) is 3.89. The molecule has 126 valence electrons. The van der Waals surface area contributed by atoms with Gasteiger partial charge in [-0.25, -0.2) is 9.97 Å². The fraction of sp³-hybridized carbons (Fsp3) is 0.111. The van der Waals surface area contributed by atoms with Gasteiger partial charge in [0.25, 0.3) is 0 Å². The summed E-state index contributed by atoms with van der Waals surface area (Å²) in [5.74, 6) is 0.279. The Morgan fingerprint density at radius 1 is 0.880 bits per heavy atom. The van der Waals surface area contributed by atoms with E-state index in [4.69, 9.17) is 0 Å². The summed E-state index contributed by atoms with van der Waals surface area (Å²) in [6.45, 7) is 3.90. The van der Waals surface area contributed by atoms with Crippen LogP contribution in [-0.4, -0.2) is 14.9 Å². The first-order valence-electron chi connectivity index (χ1n) is 7.70. The van der Waals surface area contributed by atoms with Crippen molar-refractivity contribution >= 4 is 28.7 Å². The van der Waals surface area contributed by atoms with Crippen LogP contribution in [0, 0.1) is 24.0 Å². The number of aryl methyl sites for hydroxylation is 2.